The Bertz CT molecular complexity index is 1630. The SMILES string of the molecule is CC\C=C/C=C/C=C/C=C\C=C\C=C\CCCCCC(=O)NC(COP(=O)([O-])OCC[N+](C)(C)C)C(/C=C/CCCCCCCCCCCCC)OC(=O)CCCCCCCCC/C=C/C=C/C=C/CC. The molecule has 0 saturated carbocycles. The normalized spacial score (nSPS) is 14.7. The fourth-order valence-electron chi connectivity index (χ4n) is 7.32. The average molecular weight is 1010 g/mol. The topological polar surface area (TPSA) is 114 Å². The fraction of sp³-hybridized carbons (Fsp3) is 0.639. The Kier molecular flexibility index (Phi) is 47.4. The summed E-state index contributed by atoms with van der Waals surface area (Å²) < 4.78 is 30.2. The summed E-state index contributed by atoms with van der Waals surface area (Å²) >= 11 is 0. The molecular weight excluding hydrogens is 904 g/mol. The standard InChI is InChI=1S/C61H103N2O7P/c1-7-10-13-16-19-22-25-28-30-31-33-35-38-41-44-47-50-53-60(64)62-58(57-69-71(66,67)68-56-55-63(4,5)6)59(52-49-46-43-40-37-34-27-24-21-18-15-12-9-3)70-61(65)54-51-48-45-42-39-36-32-29-26-23-20-17-14-11-8-2/h10-11,13-14,16-17,19-20,22-23,25-26,28,30-31,33,35,38,49,52,58-59H,7-9,12,15,18,21,24,27,29,32,34,36-37,39-48,50-51,53-57H2,1-6H3,(H-,62,64,66,67)/b13-10-,14-11+,19-16+,20-17+,25-22+,26-23+,30-28-,33-31+,38-35+,52-49+. The van der Waals surface area contributed by atoms with Gasteiger partial charge in [0, 0.05) is 12.8 Å². The first-order valence-electron chi connectivity index (χ1n) is 28.0. The Morgan fingerprint density at radius 1 is 0.507 bits per heavy atom. The Morgan fingerprint density at radius 3 is 1.37 bits per heavy atom. The maximum atomic E-state index is 13.5. The Labute approximate surface area is 435 Å². The highest BCUT2D eigenvalue weighted by Gasteiger charge is 2.27. The third-order valence-electron chi connectivity index (χ3n) is 11.6. The number of ether oxygens (including phenoxy) is 1. The molecule has 0 heterocycles. The van der Waals surface area contributed by atoms with Crippen LogP contribution in [-0.4, -0.2) is 69.4 Å². The summed E-state index contributed by atoms with van der Waals surface area (Å²) in [5.41, 5.74) is 0. The van der Waals surface area contributed by atoms with Gasteiger partial charge in [0.25, 0.3) is 7.82 Å². The minimum absolute atomic E-state index is 0.0408. The maximum absolute atomic E-state index is 13.5. The zero-order valence-electron chi connectivity index (χ0n) is 45.9. The lowest BCUT2D eigenvalue weighted by atomic mass is 10.0. The molecule has 71 heavy (non-hydrogen) atoms. The molecule has 1 N–H and O–H groups in total. The minimum atomic E-state index is -4.72. The highest BCUT2D eigenvalue weighted by atomic mass is 31.2. The zero-order chi connectivity index (χ0) is 52.2. The van der Waals surface area contributed by atoms with Crippen molar-refractivity contribution in [2.24, 2.45) is 0 Å². The molecule has 0 bridgehead atoms. The summed E-state index contributed by atoms with van der Waals surface area (Å²) in [5, 5.41) is 2.99. The number of esters is 1. The molecule has 0 aromatic heterocycles. The van der Waals surface area contributed by atoms with Crippen molar-refractivity contribution in [3.05, 3.63) is 122 Å². The molecule has 0 fully saturated rings. The van der Waals surface area contributed by atoms with Gasteiger partial charge in [-0.2, -0.15) is 0 Å². The largest absolute Gasteiger partial charge is 0.756 e. The van der Waals surface area contributed by atoms with Crippen molar-refractivity contribution in [1.82, 2.24) is 5.32 Å². The van der Waals surface area contributed by atoms with E-state index in [9.17, 15) is 19.0 Å². The Balaban J connectivity index is 5.52. The number of phosphoric ester groups is 1. The third kappa shape index (κ3) is 51.1. The summed E-state index contributed by atoms with van der Waals surface area (Å²) in [7, 11) is 1.12. The van der Waals surface area contributed by atoms with E-state index in [1.807, 2.05) is 94.1 Å². The van der Waals surface area contributed by atoms with Crippen molar-refractivity contribution < 1.29 is 37.3 Å². The van der Waals surface area contributed by atoms with Crippen LogP contribution in [0.4, 0.5) is 0 Å². The molecule has 0 aliphatic heterocycles. The van der Waals surface area contributed by atoms with Crippen LogP contribution in [0.2, 0.25) is 0 Å². The van der Waals surface area contributed by atoms with E-state index in [1.54, 1.807) is 0 Å². The highest BCUT2D eigenvalue weighted by molar-refractivity contribution is 7.45. The molecule has 0 aromatic rings. The highest BCUT2D eigenvalue weighted by Crippen LogP contribution is 2.38. The van der Waals surface area contributed by atoms with Crippen LogP contribution in [-0.2, 0) is 27.9 Å². The molecule has 0 rings (SSSR count). The molecular formula is C61H103N2O7P. The second kappa shape index (κ2) is 50.0. The number of hydrogen-bond acceptors (Lipinski definition) is 7. The smallest absolute Gasteiger partial charge is 0.306 e. The number of carbonyl (C=O) groups is 2. The summed E-state index contributed by atoms with van der Waals surface area (Å²) in [4.78, 5) is 39.8. The number of hydrogen-bond donors (Lipinski definition) is 1. The number of allylic oxidation sites excluding steroid dienone is 19. The molecule has 404 valence electrons. The van der Waals surface area contributed by atoms with Crippen molar-refractivity contribution in [2.75, 3.05) is 40.9 Å². The predicted octanol–water partition coefficient (Wildman–Crippen LogP) is 16.1. The van der Waals surface area contributed by atoms with E-state index >= 15 is 0 Å². The fourth-order valence-corrected chi connectivity index (χ4v) is 8.04. The molecule has 0 aliphatic rings. The number of nitrogens with zero attached hydrogens (tertiary/aromatic N) is 1. The third-order valence-corrected chi connectivity index (χ3v) is 12.6. The van der Waals surface area contributed by atoms with Gasteiger partial charge in [0.15, 0.2) is 0 Å². The molecule has 3 unspecified atom stereocenters. The van der Waals surface area contributed by atoms with E-state index in [1.165, 1.54) is 77.0 Å². The minimum Gasteiger partial charge on any atom is -0.756 e. The van der Waals surface area contributed by atoms with Gasteiger partial charge in [-0.25, -0.2) is 0 Å². The first-order valence-corrected chi connectivity index (χ1v) is 29.4. The second-order valence-electron chi connectivity index (χ2n) is 19.5. The van der Waals surface area contributed by atoms with E-state index in [4.69, 9.17) is 13.8 Å². The summed E-state index contributed by atoms with van der Waals surface area (Å²) in [6, 6.07) is -0.924. The van der Waals surface area contributed by atoms with Gasteiger partial charge in [-0.1, -0.05) is 239 Å². The summed E-state index contributed by atoms with van der Waals surface area (Å²) in [5.74, 6) is -0.617. The van der Waals surface area contributed by atoms with E-state index in [0.717, 1.165) is 77.0 Å². The van der Waals surface area contributed by atoms with Crippen LogP contribution in [0.1, 0.15) is 201 Å². The van der Waals surface area contributed by atoms with E-state index in [2.05, 4.69) is 74.7 Å². The van der Waals surface area contributed by atoms with Gasteiger partial charge in [0.05, 0.1) is 33.8 Å². The van der Waals surface area contributed by atoms with E-state index in [-0.39, 0.29) is 31.3 Å². The van der Waals surface area contributed by atoms with Crippen LogP contribution >= 0.6 is 7.82 Å². The number of quaternary nitrogens is 1. The number of nitrogens with one attached hydrogen (secondary N) is 1. The lowest BCUT2D eigenvalue weighted by Gasteiger charge is -2.30. The van der Waals surface area contributed by atoms with E-state index < -0.39 is 26.6 Å². The van der Waals surface area contributed by atoms with Crippen molar-refractivity contribution in [3.8, 4) is 0 Å². The summed E-state index contributed by atoms with van der Waals surface area (Å²) in [6.07, 6.45) is 68.7. The van der Waals surface area contributed by atoms with Crippen molar-refractivity contribution >= 4 is 19.7 Å². The number of carbonyl (C=O) groups excluding carboxylic acids is 2. The lowest BCUT2D eigenvalue weighted by Crippen LogP contribution is -2.47. The van der Waals surface area contributed by atoms with Crippen LogP contribution in [0.25, 0.3) is 0 Å². The van der Waals surface area contributed by atoms with Crippen LogP contribution in [0.15, 0.2) is 122 Å². The van der Waals surface area contributed by atoms with Gasteiger partial charge in [-0.15, -0.1) is 0 Å². The van der Waals surface area contributed by atoms with Gasteiger partial charge in [-0.05, 0) is 70.3 Å². The summed E-state index contributed by atoms with van der Waals surface area (Å²) in [6.45, 7) is 6.49. The van der Waals surface area contributed by atoms with Crippen molar-refractivity contribution in [2.45, 2.75) is 213 Å². The van der Waals surface area contributed by atoms with Gasteiger partial charge < -0.3 is 28.5 Å². The quantitative estimate of drug-likeness (QED) is 0.0161. The number of rotatable bonds is 48. The molecule has 3 atom stereocenters. The van der Waals surface area contributed by atoms with Crippen molar-refractivity contribution in [1.29, 1.82) is 0 Å². The molecule has 1 amide bonds. The molecule has 0 aromatic carbocycles. The number of likely N-dealkylation sites (N-methyl/N-ethyl adjacent to an activating group) is 1. The van der Waals surface area contributed by atoms with Crippen LogP contribution in [0.5, 0.6) is 0 Å². The van der Waals surface area contributed by atoms with Gasteiger partial charge in [0.1, 0.15) is 19.3 Å². The average Bonchev–Trinajstić information content (AvgIpc) is 3.33. The van der Waals surface area contributed by atoms with Crippen LogP contribution in [0, 0.1) is 0 Å². The molecule has 10 heteroatoms. The van der Waals surface area contributed by atoms with E-state index in [0.29, 0.717) is 23.9 Å². The zero-order valence-corrected chi connectivity index (χ0v) is 46.8. The van der Waals surface area contributed by atoms with Crippen LogP contribution < -0.4 is 10.2 Å². The molecule has 0 saturated heterocycles. The monoisotopic (exact) mass is 1010 g/mol. The molecule has 0 spiro atoms. The molecule has 0 aliphatic carbocycles. The molecule has 9 nitrogen and oxygen atoms in total. The molecule has 0 radical (unpaired) electrons. The van der Waals surface area contributed by atoms with Gasteiger partial charge >= 0.3 is 5.97 Å². The number of unbranched alkanes of at least 4 members (excludes halogenated alkanes) is 21. The predicted molar refractivity (Wildman–Crippen MR) is 302 cm³/mol. The number of amides is 1. The van der Waals surface area contributed by atoms with Gasteiger partial charge in [0.2, 0.25) is 5.91 Å². The van der Waals surface area contributed by atoms with Crippen molar-refractivity contribution in [3.63, 3.8) is 0 Å². The first kappa shape index (κ1) is 67.4. The van der Waals surface area contributed by atoms with Crippen LogP contribution in [0.3, 0.4) is 0 Å². The second-order valence-corrected chi connectivity index (χ2v) is 20.9. The first-order chi connectivity index (χ1) is 34.4. The Morgan fingerprint density at radius 2 is 0.901 bits per heavy atom. The van der Waals surface area contributed by atoms with Gasteiger partial charge in [-0.3, -0.25) is 14.2 Å². The lowest BCUT2D eigenvalue weighted by molar-refractivity contribution is -0.870. The number of phosphoric acid groups is 1. The maximum Gasteiger partial charge on any atom is 0.306 e. The Hall–Kier alpha value is -3.59.